The van der Waals surface area contributed by atoms with Gasteiger partial charge < -0.3 is 9.26 Å². The quantitative estimate of drug-likeness (QED) is 0.288. The number of carbonyl (C=O) groups excluding carboxylic acids is 1. The second-order valence-electron chi connectivity index (χ2n) is 7.89. The first-order valence-electron chi connectivity index (χ1n) is 10.2. The van der Waals surface area contributed by atoms with Gasteiger partial charge in [0.2, 0.25) is 5.12 Å². The molecule has 2 atom stereocenters. The second kappa shape index (κ2) is 15.5. The molecule has 28 heavy (non-hydrogen) atoms. The first kappa shape index (κ1) is 28.7. The average Bonchev–Trinajstić information content (AvgIpc) is 2.58. The van der Waals surface area contributed by atoms with E-state index in [1.165, 1.54) is 11.8 Å². The van der Waals surface area contributed by atoms with Crippen LogP contribution in [0.25, 0.3) is 0 Å². The van der Waals surface area contributed by atoms with Gasteiger partial charge in [-0.15, -0.1) is 0 Å². The van der Waals surface area contributed by atoms with Gasteiger partial charge in [-0.05, 0) is 62.3 Å². The minimum Gasteiger partial charge on any atom is -0.378 e. The Hall–Kier alpha value is 0.680. The third-order valence-corrected chi connectivity index (χ3v) is 8.58. The van der Waals surface area contributed by atoms with Gasteiger partial charge in [-0.2, -0.15) is 0 Å². The van der Waals surface area contributed by atoms with Crippen molar-refractivity contribution in [1.82, 2.24) is 14.4 Å². The molecule has 0 saturated heterocycles. The van der Waals surface area contributed by atoms with Crippen LogP contribution in [-0.4, -0.2) is 70.2 Å². The molecule has 9 heteroatoms. The number of thioether (sulfide) groups is 1. The van der Waals surface area contributed by atoms with Crippen molar-refractivity contribution >= 4 is 34.7 Å². The smallest absolute Gasteiger partial charge is 0.205 e. The molecule has 6 nitrogen and oxygen atoms in total. The summed E-state index contributed by atoms with van der Waals surface area (Å²) in [5.41, 5.74) is 0. The lowest BCUT2D eigenvalue weighted by Crippen LogP contribution is -2.43. The third kappa shape index (κ3) is 10.6. The molecule has 0 fully saturated rings. The molecule has 168 valence electrons. The highest BCUT2D eigenvalue weighted by Gasteiger charge is 2.34. The predicted molar refractivity (Wildman–Crippen MR) is 128 cm³/mol. The predicted octanol–water partition coefficient (Wildman–Crippen LogP) is 4.51. The fourth-order valence-corrected chi connectivity index (χ4v) is 6.23. The summed E-state index contributed by atoms with van der Waals surface area (Å²) in [5, 5.41) is 3.01. The molecule has 0 aromatic heterocycles. The molecule has 0 rings (SSSR count). The van der Waals surface area contributed by atoms with Gasteiger partial charge in [0, 0.05) is 29.9 Å². The minimum atomic E-state index is -0.874. The summed E-state index contributed by atoms with van der Waals surface area (Å²) in [6.45, 7) is 21.3. The van der Waals surface area contributed by atoms with Gasteiger partial charge in [0.1, 0.15) is 0 Å². The van der Waals surface area contributed by atoms with Crippen LogP contribution in [0.4, 0.5) is 0 Å². The molecule has 0 saturated carbocycles. The van der Waals surface area contributed by atoms with Gasteiger partial charge in [-0.3, -0.25) is 9.88 Å². The molecule has 2 unspecified atom stereocenters. The number of carbonyl (C=O) groups is 1. The molecule has 0 amide bonds. The van der Waals surface area contributed by atoms with E-state index in [1.807, 2.05) is 6.92 Å². The first-order chi connectivity index (χ1) is 13.0. The largest absolute Gasteiger partial charge is 0.378 e. The Morgan fingerprint density at radius 2 is 1.36 bits per heavy atom. The maximum atomic E-state index is 11.8. The van der Waals surface area contributed by atoms with Crippen molar-refractivity contribution in [3.63, 3.8) is 0 Å². The van der Waals surface area contributed by atoms with E-state index >= 15 is 0 Å². The van der Waals surface area contributed by atoms with Gasteiger partial charge in [0.05, 0.1) is 25.9 Å². The van der Waals surface area contributed by atoms with Crippen molar-refractivity contribution < 1.29 is 14.1 Å². The van der Waals surface area contributed by atoms with Crippen molar-refractivity contribution in [2.45, 2.75) is 92.5 Å². The van der Waals surface area contributed by atoms with Crippen LogP contribution in [0.1, 0.15) is 62.3 Å². The van der Waals surface area contributed by atoms with Crippen LogP contribution in [0, 0.1) is 0 Å². The highest BCUT2D eigenvalue weighted by molar-refractivity contribution is 8.13. The van der Waals surface area contributed by atoms with E-state index in [9.17, 15) is 4.79 Å². The lowest BCUT2D eigenvalue weighted by atomic mass is 10.3. The van der Waals surface area contributed by atoms with Crippen LogP contribution in [-0.2, 0) is 14.1 Å². The van der Waals surface area contributed by atoms with Crippen LogP contribution in [0.5, 0.6) is 0 Å². The fraction of sp³-hybridized carbons (Fsp3) is 0.947. The topological polar surface area (TPSA) is 54.0 Å². The minimum absolute atomic E-state index is 0.132. The Kier molecular flexibility index (Phi) is 15.9. The zero-order valence-corrected chi connectivity index (χ0v) is 22.1. The van der Waals surface area contributed by atoms with Crippen LogP contribution in [0.3, 0.4) is 0 Å². The zero-order valence-electron chi connectivity index (χ0n) is 19.3. The van der Waals surface area contributed by atoms with Crippen LogP contribution in [0.2, 0.25) is 0 Å². The number of hydrogen-bond acceptors (Lipinski definition) is 7. The number of ether oxygens (including phenoxy) is 1. The van der Waals surface area contributed by atoms with Crippen LogP contribution in [0.15, 0.2) is 0 Å². The Balaban J connectivity index is 4.63. The molecular weight excluding hydrogens is 412 g/mol. The normalized spacial score (nSPS) is 13.9. The van der Waals surface area contributed by atoms with Crippen molar-refractivity contribution in [3.05, 3.63) is 0 Å². The van der Waals surface area contributed by atoms with Crippen molar-refractivity contribution in [3.8, 4) is 0 Å². The Labute approximate surface area is 181 Å². The summed E-state index contributed by atoms with van der Waals surface area (Å²) < 4.78 is 17.0. The molecular formula is C19H43N3O3P2S. The Morgan fingerprint density at radius 3 is 1.75 bits per heavy atom. The number of nitrogens with one attached hydrogen (secondary N) is 1. The molecule has 0 aromatic rings. The average molecular weight is 456 g/mol. The molecule has 0 aliphatic heterocycles. The summed E-state index contributed by atoms with van der Waals surface area (Å²) in [5.74, 6) is 0.665. The monoisotopic (exact) mass is 455 g/mol. The summed E-state index contributed by atoms with van der Waals surface area (Å²) in [6.07, 6.45) is 0. The van der Waals surface area contributed by atoms with E-state index in [4.69, 9.17) is 9.26 Å². The van der Waals surface area contributed by atoms with Crippen molar-refractivity contribution in [2.24, 2.45) is 0 Å². The SMILES string of the molecule is CC(NP)C(=O)SCCOCCOP(N(C(C)C)C(C)C)N(C(C)C)C(C)C. The van der Waals surface area contributed by atoms with Gasteiger partial charge in [-0.1, -0.05) is 21.2 Å². The lowest BCUT2D eigenvalue weighted by molar-refractivity contribution is -0.112. The number of nitrogens with zero attached hydrogens (tertiary/aromatic N) is 2. The highest BCUT2D eigenvalue weighted by atomic mass is 32.2. The Morgan fingerprint density at radius 1 is 0.893 bits per heavy atom. The van der Waals surface area contributed by atoms with Crippen LogP contribution < -0.4 is 5.09 Å². The molecule has 1 N–H and O–H groups in total. The molecule has 0 heterocycles. The Bertz CT molecular complexity index is 393. The van der Waals surface area contributed by atoms with Crippen molar-refractivity contribution in [1.29, 1.82) is 0 Å². The lowest BCUT2D eigenvalue weighted by Gasteiger charge is -2.45. The standard InChI is InChI=1S/C19H43N3O3P2S/c1-14(2)21(15(3)4)27(22(16(5)6)17(7)8)25-11-10-24-12-13-28-19(23)18(9)20-26/h14-18,20H,10-13,26H2,1-9H3. The molecule has 0 aliphatic carbocycles. The van der Waals surface area contributed by atoms with E-state index in [2.05, 4.69) is 79.2 Å². The summed E-state index contributed by atoms with van der Waals surface area (Å²) in [4.78, 5) is 11.8. The number of rotatable bonds is 15. The van der Waals surface area contributed by atoms with E-state index < -0.39 is 8.45 Å². The highest BCUT2D eigenvalue weighted by Crippen LogP contribution is 2.50. The molecule has 0 bridgehead atoms. The third-order valence-electron chi connectivity index (χ3n) is 4.02. The summed E-state index contributed by atoms with van der Waals surface area (Å²) in [6, 6.07) is 1.46. The molecule has 0 spiro atoms. The van der Waals surface area contributed by atoms with Gasteiger partial charge in [0.15, 0.2) is 8.45 Å². The maximum Gasteiger partial charge on any atom is 0.205 e. The molecule has 0 radical (unpaired) electrons. The summed E-state index contributed by atoms with van der Waals surface area (Å²) in [7, 11) is 1.50. The second-order valence-corrected chi connectivity index (χ2v) is 11.0. The fourth-order valence-electron chi connectivity index (χ4n) is 2.91. The van der Waals surface area contributed by atoms with Crippen LogP contribution >= 0.6 is 29.6 Å². The first-order valence-corrected chi connectivity index (χ1v) is 13.0. The van der Waals surface area contributed by atoms with Crippen molar-refractivity contribution in [2.75, 3.05) is 25.6 Å². The maximum absolute atomic E-state index is 11.8. The zero-order chi connectivity index (χ0) is 21.9. The number of hydrogen-bond donors (Lipinski definition) is 1. The van der Waals surface area contributed by atoms with Gasteiger partial charge in [0.25, 0.3) is 0 Å². The van der Waals surface area contributed by atoms with E-state index in [1.54, 1.807) is 0 Å². The molecule has 0 aromatic carbocycles. The van der Waals surface area contributed by atoms with E-state index in [0.29, 0.717) is 49.7 Å². The molecule has 0 aliphatic rings. The van der Waals surface area contributed by atoms with Gasteiger partial charge in [-0.25, -0.2) is 9.34 Å². The van der Waals surface area contributed by atoms with Gasteiger partial charge >= 0.3 is 0 Å². The van der Waals surface area contributed by atoms with E-state index in [0.717, 1.165) is 0 Å². The summed E-state index contributed by atoms with van der Waals surface area (Å²) >= 11 is 1.31. The van der Waals surface area contributed by atoms with E-state index in [-0.39, 0.29) is 11.2 Å².